The molecule has 1 heterocycles. The smallest absolute Gasteiger partial charge is 0.188 e. The Bertz CT molecular complexity index is 617. The fourth-order valence-electron chi connectivity index (χ4n) is 2.37. The molecule has 4 heteroatoms. The number of fused-ring (bicyclic) bond motifs is 1. The number of H-pyrrole nitrogens is 1. The fraction of sp³-hybridized carbons (Fsp3) is 0.438. The van der Waals surface area contributed by atoms with E-state index in [2.05, 4.69) is 61.2 Å². The molecule has 0 unspecified atom stereocenters. The first-order chi connectivity index (χ1) is 9.37. The van der Waals surface area contributed by atoms with Crippen LogP contribution in [0, 0.1) is 6.92 Å². The number of nitrogens with one attached hydrogen (secondary N) is 2. The van der Waals surface area contributed by atoms with Crippen LogP contribution in [0.3, 0.4) is 0 Å². The van der Waals surface area contributed by atoms with Crippen molar-refractivity contribution in [3.05, 3.63) is 35.5 Å². The number of aromatic nitrogens is 1. The van der Waals surface area contributed by atoms with Crippen molar-refractivity contribution in [1.82, 2.24) is 10.3 Å². The van der Waals surface area contributed by atoms with Gasteiger partial charge < -0.3 is 16.0 Å². The van der Waals surface area contributed by atoms with Gasteiger partial charge >= 0.3 is 0 Å². The first kappa shape index (κ1) is 14.4. The van der Waals surface area contributed by atoms with Crippen LogP contribution in [0.5, 0.6) is 0 Å². The third-order valence-corrected chi connectivity index (χ3v) is 3.17. The zero-order chi connectivity index (χ0) is 14.8. The largest absolute Gasteiger partial charge is 0.370 e. The molecule has 0 spiro atoms. The van der Waals surface area contributed by atoms with Gasteiger partial charge in [-0.15, -0.1) is 0 Å². The highest BCUT2D eigenvalue weighted by molar-refractivity contribution is 5.84. The average Bonchev–Trinajstić information content (AvgIpc) is 2.64. The molecule has 2 aromatic rings. The van der Waals surface area contributed by atoms with Crippen molar-refractivity contribution in [2.45, 2.75) is 39.7 Å². The monoisotopic (exact) mass is 272 g/mol. The number of nitrogens with two attached hydrogens (primary N) is 1. The molecule has 4 nitrogen and oxygen atoms in total. The van der Waals surface area contributed by atoms with E-state index in [0.29, 0.717) is 12.5 Å². The van der Waals surface area contributed by atoms with Gasteiger partial charge in [0.1, 0.15) is 0 Å². The summed E-state index contributed by atoms with van der Waals surface area (Å²) in [5.41, 5.74) is 9.55. The zero-order valence-electron chi connectivity index (χ0n) is 12.7. The van der Waals surface area contributed by atoms with Crippen molar-refractivity contribution in [1.29, 1.82) is 0 Å². The van der Waals surface area contributed by atoms with Crippen LogP contribution in [0.25, 0.3) is 10.9 Å². The Morgan fingerprint density at radius 3 is 2.70 bits per heavy atom. The topological polar surface area (TPSA) is 66.2 Å². The van der Waals surface area contributed by atoms with Gasteiger partial charge in [0, 0.05) is 28.7 Å². The molecule has 108 valence electrons. The molecule has 0 aliphatic carbocycles. The van der Waals surface area contributed by atoms with E-state index in [4.69, 9.17) is 5.73 Å². The maximum atomic E-state index is 5.88. The van der Waals surface area contributed by atoms with Gasteiger partial charge in [-0.1, -0.05) is 18.2 Å². The lowest BCUT2D eigenvalue weighted by atomic mass is 10.1. The van der Waals surface area contributed by atoms with Gasteiger partial charge in [0.25, 0.3) is 0 Å². The van der Waals surface area contributed by atoms with Crippen LogP contribution in [-0.2, 0) is 6.42 Å². The van der Waals surface area contributed by atoms with Gasteiger partial charge in [0.15, 0.2) is 5.96 Å². The molecule has 0 aliphatic heterocycles. The van der Waals surface area contributed by atoms with Crippen LogP contribution in [0.2, 0.25) is 0 Å². The van der Waals surface area contributed by atoms with Crippen molar-refractivity contribution in [2.24, 2.45) is 10.7 Å². The van der Waals surface area contributed by atoms with Crippen LogP contribution < -0.4 is 11.1 Å². The Hall–Kier alpha value is -1.97. The van der Waals surface area contributed by atoms with Crippen LogP contribution in [0.15, 0.2) is 29.3 Å². The SMILES string of the molecule is Cc1[nH]c2ccccc2c1CCN=C(N)NC(C)(C)C. The van der Waals surface area contributed by atoms with Crippen LogP contribution in [0.4, 0.5) is 0 Å². The molecule has 0 bridgehead atoms. The number of guanidine groups is 1. The minimum atomic E-state index is -0.0513. The summed E-state index contributed by atoms with van der Waals surface area (Å²) in [5.74, 6) is 0.509. The molecule has 1 aromatic carbocycles. The van der Waals surface area contributed by atoms with E-state index in [0.717, 1.165) is 6.42 Å². The second-order valence-electron chi connectivity index (χ2n) is 6.17. The normalized spacial score (nSPS) is 12.9. The Kier molecular flexibility index (Phi) is 4.02. The first-order valence-corrected chi connectivity index (χ1v) is 7.01. The summed E-state index contributed by atoms with van der Waals surface area (Å²) >= 11 is 0. The van der Waals surface area contributed by atoms with Crippen molar-refractivity contribution < 1.29 is 0 Å². The number of hydrogen-bond acceptors (Lipinski definition) is 1. The molecule has 0 fully saturated rings. The Labute approximate surface area is 120 Å². The Morgan fingerprint density at radius 2 is 2.00 bits per heavy atom. The molecular weight excluding hydrogens is 248 g/mol. The van der Waals surface area contributed by atoms with Gasteiger partial charge in [-0.2, -0.15) is 0 Å². The molecule has 0 amide bonds. The summed E-state index contributed by atoms with van der Waals surface area (Å²) in [6.45, 7) is 9.00. The number of benzene rings is 1. The maximum absolute atomic E-state index is 5.88. The lowest BCUT2D eigenvalue weighted by molar-refractivity contribution is 0.508. The van der Waals surface area contributed by atoms with Crippen molar-refractivity contribution in [3.8, 4) is 0 Å². The summed E-state index contributed by atoms with van der Waals surface area (Å²) in [6, 6.07) is 8.36. The molecule has 20 heavy (non-hydrogen) atoms. The highest BCUT2D eigenvalue weighted by Crippen LogP contribution is 2.22. The molecule has 1 aromatic heterocycles. The lowest BCUT2D eigenvalue weighted by Crippen LogP contribution is -2.45. The molecule has 0 aliphatic rings. The Morgan fingerprint density at radius 1 is 1.30 bits per heavy atom. The minimum Gasteiger partial charge on any atom is -0.370 e. The van der Waals surface area contributed by atoms with E-state index < -0.39 is 0 Å². The minimum absolute atomic E-state index is 0.0513. The summed E-state index contributed by atoms with van der Waals surface area (Å²) in [6.07, 6.45) is 0.891. The van der Waals surface area contributed by atoms with Gasteiger partial charge in [0.2, 0.25) is 0 Å². The van der Waals surface area contributed by atoms with Crippen molar-refractivity contribution in [2.75, 3.05) is 6.54 Å². The van der Waals surface area contributed by atoms with Crippen LogP contribution in [0.1, 0.15) is 32.0 Å². The molecule has 4 N–H and O–H groups in total. The van der Waals surface area contributed by atoms with E-state index >= 15 is 0 Å². The van der Waals surface area contributed by atoms with Crippen LogP contribution in [-0.4, -0.2) is 23.0 Å². The predicted octanol–water partition coefficient (Wildman–Crippen LogP) is 2.72. The summed E-state index contributed by atoms with van der Waals surface area (Å²) in [7, 11) is 0. The summed E-state index contributed by atoms with van der Waals surface area (Å²) < 4.78 is 0. The summed E-state index contributed by atoms with van der Waals surface area (Å²) in [4.78, 5) is 7.81. The van der Waals surface area contributed by atoms with Crippen LogP contribution >= 0.6 is 0 Å². The summed E-state index contributed by atoms with van der Waals surface area (Å²) in [5, 5.41) is 4.45. The second kappa shape index (κ2) is 5.57. The van der Waals surface area contributed by atoms with Gasteiger partial charge in [0.05, 0.1) is 0 Å². The molecule has 0 saturated heterocycles. The maximum Gasteiger partial charge on any atom is 0.188 e. The molecule has 2 rings (SSSR count). The van der Waals surface area contributed by atoms with Gasteiger partial charge in [-0.25, -0.2) is 0 Å². The van der Waals surface area contributed by atoms with E-state index in [9.17, 15) is 0 Å². The molecular formula is C16H24N4. The lowest BCUT2D eigenvalue weighted by Gasteiger charge is -2.20. The number of aliphatic imine (C=N–C) groups is 1. The average molecular weight is 272 g/mol. The second-order valence-corrected chi connectivity index (χ2v) is 6.17. The molecule has 0 radical (unpaired) electrons. The van der Waals surface area contributed by atoms with Gasteiger partial charge in [-0.05, 0) is 45.7 Å². The van der Waals surface area contributed by atoms with Crippen molar-refractivity contribution >= 4 is 16.9 Å². The quantitative estimate of drug-likeness (QED) is 0.594. The number of hydrogen-bond donors (Lipinski definition) is 3. The fourth-order valence-corrected chi connectivity index (χ4v) is 2.37. The number of aromatic amines is 1. The number of aryl methyl sites for hydroxylation is 1. The zero-order valence-corrected chi connectivity index (χ0v) is 12.7. The number of para-hydroxylation sites is 1. The molecule has 0 atom stereocenters. The Balaban J connectivity index is 2.06. The first-order valence-electron chi connectivity index (χ1n) is 7.01. The third kappa shape index (κ3) is 3.53. The third-order valence-electron chi connectivity index (χ3n) is 3.17. The molecule has 0 saturated carbocycles. The highest BCUT2D eigenvalue weighted by Gasteiger charge is 2.10. The highest BCUT2D eigenvalue weighted by atomic mass is 15.1. The van der Waals surface area contributed by atoms with E-state index in [1.165, 1.54) is 22.2 Å². The van der Waals surface area contributed by atoms with Crippen molar-refractivity contribution in [3.63, 3.8) is 0 Å². The van der Waals surface area contributed by atoms with E-state index in [1.54, 1.807) is 0 Å². The number of rotatable bonds is 3. The number of nitrogens with zero attached hydrogens (tertiary/aromatic N) is 1. The predicted molar refractivity (Wildman–Crippen MR) is 86.1 cm³/mol. The van der Waals surface area contributed by atoms with E-state index in [-0.39, 0.29) is 5.54 Å². The standard InChI is InChI=1S/C16H24N4/c1-11-12(13-7-5-6-8-14(13)19-11)9-10-18-15(17)20-16(2,3)4/h5-8,19H,9-10H2,1-4H3,(H3,17,18,20). The van der Waals surface area contributed by atoms with Gasteiger partial charge in [-0.3, -0.25) is 4.99 Å². The van der Waals surface area contributed by atoms with E-state index in [1.807, 2.05) is 6.07 Å².